The van der Waals surface area contributed by atoms with Gasteiger partial charge < -0.3 is 0 Å². The molecule has 45 valence electrons. The largest absolute Gasteiger partial charge is 0.0991 e. The average molecular weight is 109 g/mol. The molecule has 8 heavy (non-hydrogen) atoms. The molecular weight excluding hydrogens is 96.1 g/mol. The molecule has 0 amide bonds. The summed E-state index contributed by atoms with van der Waals surface area (Å²) in [6, 6.07) is 0. The minimum Gasteiger partial charge on any atom is -0.0991 e. The normalized spacial score (nSPS) is 10.1. The van der Waals surface area contributed by atoms with Crippen LogP contribution in [-0.2, 0) is 0 Å². The first kappa shape index (κ1) is 7.48. The highest BCUT2D eigenvalue weighted by molar-refractivity contribution is 4.91. The molecule has 0 saturated carbocycles. The van der Waals surface area contributed by atoms with E-state index in [4.69, 9.17) is 0 Å². The molecule has 0 aliphatic carbocycles. The van der Waals surface area contributed by atoms with Crippen molar-refractivity contribution >= 4 is 0 Å². The van der Waals surface area contributed by atoms with Crippen molar-refractivity contribution in [2.75, 3.05) is 0 Å². The average Bonchev–Trinajstić information content (AvgIpc) is 1.81. The number of unbranched alkanes of at least 4 members (excludes halogenated alkanes) is 2. The van der Waals surface area contributed by atoms with E-state index in [1.165, 1.54) is 12.8 Å². The highest BCUT2D eigenvalue weighted by Gasteiger charge is 1.74. The van der Waals surface area contributed by atoms with Crippen LogP contribution in [0, 0.1) is 6.08 Å². The lowest BCUT2D eigenvalue weighted by Crippen LogP contribution is -1.65. The third-order valence-electron chi connectivity index (χ3n) is 0.910. The summed E-state index contributed by atoms with van der Waals surface area (Å²) in [5.74, 6) is 0. The van der Waals surface area contributed by atoms with Crippen LogP contribution in [-0.4, -0.2) is 0 Å². The number of allylic oxidation sites excluding steroid dienone is 3. The Hall–Kier alpha value is -0.520. The molecule has 0 bridgehead atoms. The second-order valence-electron chi connectivity index (χ2n) is 1.71. The van der Waals surface area contributed by atoms with Crippen molar-refractivity contribution in [3.8, 4) is 0 Å². The van der Waals surface area contributed by atoms with Gasteiger partial charge in [0.15, 0.2) is 0 Å². The highest BCUT2D eigenvalue weighted by atomic mass is 13.8. The van der Waals surface area contributed by atoms with Crippen molar-refractivity contribution in [2.24, 2.45) is 0 Å². The Bertz CT molecular complexity index is 70.1. The molecule has 0 aromatic carbocycles. The van der Waals surface area contributed by atoms with Crippen LogP contribution in [0.2, 0.25) is 0 Å². The van der Waals surface area contributed by atoms with E-state index < -0.39 is 0 Å². The van der Waals surface area contributed by atoms with E-state index >= 15 is 0 Å². The van der Waals surface area contributed by atoms with Gasteiger partial charge in [0.05, 0.1) is 0 Å². The zero-order chi connectivity index (χ0) is 6.24. The minimum atomic E-state index is 1.07. The van der Waals surface area contributed by atoms with Gasteiger partial charge in [0.2, 0.25) is 0 Å². The van der Waals surface area contributed by atoms with Crippen LogP contribution in [0.1, 0.15) is 26.2 Å². The topological polar surface area (TPSA) is 0 Å². The van der Waals surface area contributed by atoms with Crippen LogP contribution in [0.4, 0.5) is 0 Å². The van der Waals surface area contributed by atoms with Gasteiger partial charge in [-0.2, -0.15) is 0 Å². The lowest BCUT2D eigenvalue weighted by atomic mass is 10.2. The van der Waals surface area contributed by atoms with Crippen molar-refractivity contribution in [1.82, 2.24) is 0 Å². The standard InChI is InChI=1S/C8H13/c1-3-5-7-8-6-4-2/h3,5H,1,4,6,8H2,2H3. The molecule has 0 fully saturated rings. The van der Waals surface area contributed by atoms with Crippen LogP contribution >= 0.6 is 0 Å². The van der Waals surface area contributed by atoms with Gasteiger partial charge in [0, 0.05) is 0 Å². The summed E-state index contributed by atoms with van der Waals surface area (Å²) >= 11 is 0. The quantitative estimate of drug-likeness (QED) is 0.384. The predicted molar refractivity (Wildman–Crippen MR) is 37.5 cm³/mol. The summed E-state index contributed by atoms with van der Waals surface area (Å²) in [6.45, 7) is 5.72. The Morgan fingerprint density at radius 1 is 1.62 bits per heavy atom. The SMILES string of the molecule is C=C/C=[C]/CCCC. The highest BCUT2D eigenvalue weighted by Crippen LogP contribution is 1.92. The van der Waals surface area contributed by atoms with Gasteiger partial charge in [0.25, 0.3) is 0 Å². The Labute approximate surface area is 51.9 Å². The van der Waals surface area contributed by atoms with E-state index in [1.54, 1.807) is 6.08 Å². The molecule has 1 radical (unpaired) electrons. The molecule has 0 spiro atoms. The Morgan fingerprint density at radius 3 is 2.88 bits per heavy atom. The summed E-state index contributed by atoms with van der Waals surface area (Å²) in [4.78, 5) is 0. The molecule has 0 aliphatic rings. The minimum absolute atomic E-state index is 1.07. The monoisotopic (exact) mass is 109 g/mol. The first-order valence-electron chi connectivity index (χ1n) is 3.09. The summed E-state index contributed by atoms with van der Waals surface area (Å²) in [5, 5.41) is 0. The van der Waals surface area contributed by atoms with Crippen LogP contribution in [0.15, 0.2) is 18.7 Å². The molecule has 0 atom stereocenters. The van der Waals surface area contributed by atoms with Crippen molar-refractivity contribution in [1.29, 1.82) is 0 Å². The van der Waals surface area contributed by atoms with Crippen molar-refractivity contribution < 1.29 is 0 Å². The van der Waals surface area contributed by atoms with Crippen LogP contribution in [0.3, 0.4) is 0 Å². The molecule has 0 aromatic rings. The van der Waals surface area contributed by atoms with Crippen LogP contribution in [0.25, 0.3) is 0 Å². The van der Waals surface area contributed by atoms with E-state index in [2.05, 4.69) is 19.6 Å². The molecule has 0 rings (SSSR count). The van der Waals surface area contributed by atoms with Crippen molar-refractivity contribution in [2.45, 2.75) is 26.2 Å². The number of hydrogen-bond donors (Lipinski definition) is 0. The summed E-state index contributed by atoms with van der Waals surface area (Å²) in [7, 11) is 0. The molecule has 0 heterocycles. The van der Waals surface area contributed by atoms with E-state index in [1.807, 2.05) is 6.08 Å². The summed E-state index contributed by atoms with van der Waals surface area (Å²) in [6.07, 6.45) is 10.3. The Balaban J connectivity index is 2.91. The summed E-state index contributed by atoms with van der Waals surface area (Å²) in [5.41, 5.74) is 0. The molecule has 0 nitrogen and oxygen atoms in total. The smallest absolute Gasteiger partial charge is 0.0276 e. The molecule has 0 aromatic heterocycles. The maximum Gasteiger partial charge on any atom is -0.0276 e. The van der Waals surface area contributed by atoms with Gasteiger partial charge in [-0.15, -0.1) is 0 Å². The van der Waals surface area contributed by atoms with E-state index in [9.17, 15) is 0 Å². The Kier molecular flexibility index (Phi) is 6.06. The predicted octanol–water partition coefficient (Wildman–Crippen LogP) is 2.72. The van der Waals surface area contributed by atoms with Crippen LogP contribution < -0.4 is 0 Å². The first-order chi connectivity index (χ1) is 3.91. The second kappa shape index (κ2) is 6.48. The molecule has 0 N–H and O–H groups in total. The van der Waals surface area contributed by atoms with E-state index in [0.717, 1.165) is 6.42 Å². The second-order valence-corrected chi connectivity index (χ2v) is 1.71. The first-order valence-corrected chi connectivity index (χ1v) is 3.09. The summed E-state index contributed by atoms with van der Waals surface area (Å²) < 4.78 is 0. The number of rotatable bonds is 4. The molecule has 0 heteroatoms. The molecule has 0 aliphatic heterocycles. The fourth-order valence-electron chi connectivity index (χ4n) is 0.446. The Morgan fingerprint density at radius 2 is 2.38 bits per heavy atom. The van der Waals surface area contributed by atoms with Crippen molar-refractivity contribution in [3.05, 3.63) is 24.8 Å². The maximum absolute atomic E-state index is 3.54. The lowest BCUT2D eigenvalue weighted by Gasteiger charge is -1.83. The fraction of sp³-hybridized carbons (Fsp3) is 0.500. The van der Waals surface area contributed by atoms with Gasteiger partial charge in [-0.3, -0.25) is 0 Å². The lowest BCUT2D eigenvalue weighted by molar-refractivity contribution is 0.804. The van der Waals surface area contributed by atoms with E-state index in [0.29, 0.717) is 0 Å². The van der Waals surface area contributed by atoms with Gasteiger partial charge in [-0.25, -0.2) is 0 Å². The van der Waals surface area contributed by atoms with Gasteiger partial charge in [-0.05, 0) is 18.9 Å². The fourth-order valence-corrected chi connectivity index (χ4v) is 0.446. The molecule has 0 unspecified atom stereocenters. The maximum atomic E-state index is 3.54. The van der Waals surface area contributed by atoms with Gasteiger partial charge in [0.1, 0.15) is 0 Å². The van der Waals surface area contributed by atoms with Gasteiger partial charge >= 0.3 is 0 Å². The zero-order valence-corrected chi connectivity index (χ0v) is 5.48. The molecular formula is C8H13. The molecule has 0 saturated heterocycles. The van der Waals surface area contributed by atoms with E-state index in [-0.39, 0.29) is 0 Å². The third-order valence-corrected chi connectivity index (χ3v) is 0.910. The number of hydrogen-bond acceptors (Lipinski definition) is 0. The van der Waals surface area contributed by atoms with Crippen LogP contribution in [0.5, 0.6) is 0 Å². The van der Waals surface area contributed by atoms with Crippen molar-refractivity contribution in [3.63, 3.8) is 0 Å². The van der Waals surface area contributed by atoms with Gasteiger partial charge in [-0.1, -0.05) is 32.1 Å². The third kappa shape index (κ3) is 5.48. The zero-order valence-electron chi connectivity index (χ0n) is 5.48.